The molecule has 0 bridgehead atoms. The first-order chi connectivity index (χ1) is 44.6. The smallest absolute Gasteiger partial charge is 0.256 e. The van der Waals surface area contributed by atoms with E-state index in [1.165, 1.54) is 10.8 Å². The highest BCUT2D eigenvalue weighted by atomic mass is 16.5. The summed E-state index contributed by atoms with van der Waals surface area (Å²) in [4.78, 5) is 2.56. The van der Waals surface area contributed by atoms with Crippen molar-refractivity contribution in [2.75, 3.05) is 4.90 Å². The molecule has 3 aromatic heterocycles. The molecule has 0 fully saturated rings. The summed E-state index contributed by atoms with van der Waals surface area (Å²) in [5.74, 6) is 1.63. The fourth-order valence-electron chi connectivity index (χ4n) is 14.8. The molecule has 2 aliphatic rings. The lowest BCUT2D eigenvalue weighted by molar-refractivity contribution is 0.489. The van der Waals surface area contributed by atoms with Gasteiger partial charge in [0.2, 0.25) is 0 Å². The van der Waals surface area contributed by atoms with Gasteiger partial charge in [0.1, 0.15) is 33.8 Å². The van der Waals surface area contributed by atoms with Gasteiger partial charge >= 0.3 is 0 Å². The Bertz CT molecular complexity index is 5710. The highest BCUT2D eigenvalue weighted by Crippen LogP contribution is 2.53. The van der Waals surface area contributed by atoms with E-state index in [2.05, 4.69) is 307 Å². The summed E-state index contributed by atoms with van der Waals surface area (Å²) < 4.78 is 23.8. The Labute approximate surface area is 519 Å². The molecule has 17 aromatic rings. The van der Waals surface area contributed by atoms with Gasteiger partial charge < -0.3 is 23.0 Å². The van der Waals surface area contributed by atoms with Crippen molar-refractivity contribution in [1.82, 2.24) is 4.57 Å². The number of hydrogen-bond acceptors (Lipinski definition) is 4. The quantitative estimate of drug-likeness (QED) is 0.142. The number of nitrogens with zero attached hydrogens (tertiary/aromatic N) is 2. The van der Waals surface area contributed by atoms with Crippen molar-refractivity contribution in [3.63, 3.8) is 0 Å². The second-order valence-electron chi connectivity index (χ2n) is 23.8. The van der Waals surface area contributed by atoms with Gasteiger partial charge in [-0.1, -0.05) is 231 Å². The number of anilines is 3. The van der Waals surface area contributed by atoms with Crippen molar-refractivity contribution >= 4 is 106 Å². The zero-order chi connectivity index (χ0) is 59.0. The van der Waals surface area contributed by atoms with Crippen LogP contribution in [0, 0.1) is 0 Å². The zero-order valence-electron chi connectivity index (χ0n) is 48.6. The Morgan fingerprint density at radius 1 is 0.289 bits per heavy atom. The molecule has 0 spiro atoms. The molecular weight excluding hydrogens is 1100 g/mol. The maximum absolute atomic E-state index is 7.75. The first-order valence-electron chi connectivity index (χ1n) is 30.8. The summed E-state index contributed by atoms with van der Waals surface area (Å²) in [5.41, 5.74) is 26.3. The number of furan rings is 2. The van der Waals surface area contributed by atoms with Crippen LogP contribution >= 0.6 is 0 Å². The van der Waals surface area contributed by atoms with Gasteiger partial charge in [0.25, 0.3) is 6.71 Å². The zero-order valence-corrected chi connectivity index (χ0v) is 48.6. The maximum atomic E-state index is 7.75. The molecule has 0 saturated heterocycles. The highest BCUT2D eigenvalue weighted by Gasteiger charge is 2.44. The minimum absolute atomic E-state index is 0.317. The molecule has 0 aliphatic carbocycles. The minimum atomic E-state index is -0.317. The third kappa shape index (κ3) is 7.65. The molecule has 0 atom stereocenters. The largest absolute Gasteiger partial charge is 0.458 e. The molecule has 90 heavy (non-hydrogen) atoms. The molecule has 5 nitrogen and oxygen atoms in total. The molecule has 0 amide bonds. The van der Waals surface area contributed by atoms with Crippen molar-refractivity contribution in [1.29, 1.82) is 0 Å². The van der Waals surface area contributed by atoms with Crippen molar-refractivity contribution < 1.29 is 13.6 Å². The summed E-state index contributed by atoms with van der Waals surface area (Å²) in [6.45, 7) is -0.317. The fraction of sp³-hybridized carbons (Fsp3) is 0. The SMILES string of the molecule is c1ccc(-c2cc(-c3ccccc3)c(N3c4ccc(-c5cccc6c5oc5ccccc56)cc4B4c5cc(-c6cccc7c6oc6ccccc67)ccc5Oc5c(-c6ccc7c(c6)c6ccccc6n7-c6ccccc6)ccc3c54)c(-c3ccccc3)c2)cc1. The van der Waals surface area contributed by atoms with Crippen LogP contribution < -0.4 is 26.0 Å². The Balaban J connectivity index is 0.925. The molecule has 2 aliphatic heterocycles. The second kappa shape index (κ2) is 19.8. The number of aromatic nitrogens is 1. The van der Waals surface area contributed by atoms with E-state index in [0.29, 0.717) is 0 Å². The van der Waals surface area contributed by atoms with Crippen LogP contribution in [0.15, 0.2) is 318 Å². The van der Waals surface area contributed by atoms with E-state index < -0.39 is 0 Å². The van der Waals surface area contributed by atoms with Crippen LogP contribution in [0.5, 0.6) is 11.5 Å². The maximum Gasteiger partial charge on any atom is 0.256 e. The minimum Gasteiger partial charge on any atom is -0.458 e. The van der Waals surface area contributed by atoms with Gasteiger partial charge in [-0.3, -0.25) is 0 Å². The molecule has 0 N–H and O–H groups in total. The topological polar surface area (TPSA) is 43.7 Å². The number of ether oxygens (including phenoxy) is 1. The standard InChI is InChI=1S/C84H51BN2O3/c1-5-21-52(22-6-1)58-48-68(53-23-7-2-8-24-53)81(69(49-58)54-25-9-3-10-26-54)87-75-44-40-56(60-32-19-34-66-64-30-14-17-37-77(64)88-82(60)66)50-71(75)85-72-51-57(61-33-20-35-67-65-31-15-18-38-78(65)89-83(61)67)41-46-79(72)90-84-62(42-45-76(87)80(84)85)55-39-43-74-70(47-55)63-29-13-16-36-73(63)86(74)59-27-11-4-12-28-59/h1-51H. The van der Waals surface area contributed by atoms with E-state index in [-0.39, 0.29) is 6.71 Å². The third-order valence-corrected chi connectivity index (χ3v) is 18.9. The molecule has 418 valence electrons. The predicted molar refractivity (Wildman–Crippen MR) is 374 cm³/mol. The molecule has 0 radical (unpaired) electrons. The van der Waals surface area contributed by atoms with Crippen LogP contribution in [0.2, 0.25) is 0 Å². The van der Waals surface area contributed by atoms with Crippen LogP contribution in [0.1, 0.15) is 0 Å². The lowest BCUT2D eigenvalue weighted by Crippen LogP contribution is -2.59. The molecule has 5 heterocycles. The van der Waals surface area contributed by atoms with Crippen molar-refractivity contribution in [2.45, 2.75) is 0 Å². The van der Waals surface area contributed by atoms with Gasteiger partial charge in [-0.15, -0.1) is 0 Å². The Kier molecular flexibility index (Phi) is 11.1. The van der Waals surface area contributed by atoms with E-state index in [0.717, 1.165) is 172 Å². The molecule has 0 saturated carbocycles. The van der Waals surface area contributed by atoms with Crippen LogP contribution in [0.25, 0.3) is 138 Å². The first kappa shape index (κ1) is 50.3. The van der Waals surface area contributed by atoms with Gasteiger partial charge in [-0.05, 0) is 134 Å². The summed E-state index contributed by atoms with van der Waals surface area (Å²) in [5, 5.41) is 6.72. The first-order valence-corrected chi connectivity index (χ1v) is 30.8. The van der Waals surface area contributed by atoms with Gasteiger partial charge in [0.15, 0.2) is 0 Å². The number of para-hydroxylation sites is 6. The van der Waals surface area contributed by atoms with Crippen molar-refractivity contribution in [3.8, 4) is 83.9 Å². The number of hydrogen-bond donors (Lipinski definition) is 0. The van der Waals surface area contributed by atoms with Crippen LogP contribution in [-0.4, -0.2) is 11.3 Å². The van der Waals surface area contributed by atoms with Gasteiger partial charge in [-0.2, -0.15) is 0 Å². The van der Waals surface area contributed by atoms with Gasteiger partial charge in [0.05, 0.1) is 16.7 Å². The third-order valence-electron chi connectivity index (χ3n) is 18.9. The summed E-state index contributed by atoms with van der Waals surface area (Å²) in [7, 11) is 0. The van der Waals surface area contributed by atoms with E-state index in [4.69, 9.17) is 13.6 Å². The Morgan fingerprint density at radius 3 is 1.43 bits per heavy atom. The monoisotopic (exact) mass is 1150 g/mol. The highest BCUT2D eigenvalue weighted by molar-refractivity contribution is 6.99. The fourth-order valence-corrected chi connectivity index (χ4v) is 14.8. The average molecular weight is 1150 g/mol. The van der Waals surface area contributed by atoms with Crippen LogP contribution in [0.4, 0.5) is 17.1 Å². The predicted octanol–water partition coefficient (Wildman–Crippen LogP) is 21.0. The lowest BCUT2D eigenvalue weighted by Gasteiger charge is -2.42. The van der Waals surface area contributed by atoms with E-state index in [1.807, 2.05) is 12.1 Å². The molecule has 19 rings (SSSR count). The van der Waals surface area contributed by atoms with Crippen molar-refractivity contribution in [2.24, 2.45) is 0 Å². The van der Waals surface area contributed by atoms with E-state index in [1.54, 1.807) is 0 Å². The summed E-state index contributed by atoms with van der Waals surface area (Å²) in [6, 6.07) is 112. The Hall–Kier alpha value is -11.9. The molecular formula is C84H51BN2O3. The number of rotatable bonds is 8. The van der Waals surface area contributed by atoms with Crippen LogP contribution in [-0.2, 0) is 0 Å². The summed E-state index contributed by atoms with van der Waals surface area (Å²) >= 11 is 0. The van der Waals surface area contributed by atoms with Gasteiger partial charge in [0, 0.05) is 77.2 Å². The number of benzene rings is 14. The van der Waals surface area contributed by atoms with Gasteiger partial charge in [-0.25, -0.2) is 0 Å². The van der Waals surface area contributed by atoms with Crippen LogP contribution in [0.3, 0.4) is 0 Å². The number of fused-ring (bicyclic) bond motifs is 13. The van der Waals surface area contributed by atoms with E-state index >= 15 is 0 Å². The lowest BCUT2D eigenvalue weighted by atomic mass is 9.33. The normalized spacial score (nSPS) is 12.5. The molecule has 6 heteroatoms. The van der Waals surface area contributed by atoms with Crippen molar-refractivity contribution in [3.05, 3.63) is 309 Å². The Morgan fingerprint density at radius 2 is 0.789 bits per heavy atom. The molecule has 0 unspecified atom stereocenters. The van der Waals surface area contributed by atoms with E-state index in [9.17, 15) is 0 Å². The second-order valence-corrected chi connectivity index (χ2v) is 23.8. The summed E-state index contributed by atoms with van der Waals surface area (Å²) in [6.07, 6.45) is 0. The molecule has 14 aromatic carbocycles. The average Bonchev–Trinajstić information content (AvgIpc) is 0.909.